The Morgan fingerprint density at radius 1 is 1.44 bits per heavy atom. The minimum Gasteiger partial charge on any atom is -0.494 e. The van der Waals surface area contributed by atoms with Crippen molar-refractivity contribution in [2.45, 2.75) is 12.1 Å². The van der Waals surface area contributed by atoms with Crippen molar-refractivity contribution in [3.05, 3.63) is 30.4 Å². The fraction of sp³-hybridized carbons (Fsp3) is 0.308. The third-order valence-corrected chi connectivity index (χ3v) is 3.19. The van der Waals surface area contributed by atoms with Gasteiger partial charge in [0, 0.05) is 18.4 Å². The Morgan fingerprint density at radius 2 is 2.33 bits per heavy atom. The van der Waals surface area contributed by atoms with Gasteiger partial charge in [0.15, 0.2) is 5.16 Å². The standard InChI is InChI=1S/C13H17N3OS/c1-2-17-10-5-6-11-12(9-10)16-13(15-11)18-8-4-3-7-14/h3-6,9H,2,7-8,14H2,1H3,(H,15,16). The van der Waals surface area contributed by atoms with Gasteiger partial charge in [-0.3, -0.25) is 0 Å². The summed E-state index contributed by atoms with van der Waals surface area (Å²) in [6.45, 7) is 3.23. The Bertz CT molecular complexity index is 536. The molecule has 4 nitrogen and oxygen atoms in total. The van der Waals surface area contributed by atoms with Gasteiger partial charge in [-0.25, -0.2) is 4.98 Å². The predicted octanol–water partition coefficient (Wildman–Crippen LogP) is 2.57. The van der Waals surface area contributed by atoms with Gasteiger partial charge in [-0.05, 0) is 19.1 Å². The van der Waals surface area contributed by atoms with Crippen molar-refractivity contribution in [3.63, 3.8) is 0 Å². The summed E-state index contributed by atoms with van der Waals surface area (Å²) in [5.41, 5.74) is 7.35. The van der Waals surface area contributed by atoms with Crippen LogP contribution < -0.4 is 10.5 Å². The van der Waals surface area contributed by atoms with Crippen molar-refractivity contribution in [3.8, 4) is 5.75 Å². The van der Waals surface area contributed by atoms with E-state index in [0.717, 1.165) is 27.7 Å². The zero-order valence-electron chi connectivity index (χ0n) is 10.3. The van der Waals surface area contributed by atoms with Gasteiger partial charge in [0.1, 0.15) is 5.75 Å². The van der Waals surface area contributed by atoms with E-state index < -0.39 is 0 Å². The number of ether oxygens (including phenoxy) is 1. The highest BCUT2D eigenvalue weighted by atomic mass is 32.2. The smallest absolute Gasteiger partial charge is 0.166 e. The van der Waals surface area contributed by atoms with E-state index in [0.29, 0.717) is 13.2 Å². The van der Waals surface area contributed by atoms with Gasteiger partial charge < -0.3 is 15.5 Å². The molecule has 0 spiro atoms. The van der Waals surface area contributed by atoms with Gasteiger partial charge in [-0.2, -0.15) is 0 Å². The Morgan fingerprint density at radius 3 is 3.11 bits per heavy atom. The summed E-state index contributed by atoms with van der Waals surface area (Å²) >= 11 is 1.66. The maximum absolute atomic E-state index is 5.46. The highest BCUT2D eigenvalue weighted by Crippen LogP contribution is 2.23. The molecule has 0 aliphatic heterocycles. The van der Waals surface area contributed by atoms with Crippen LogP contribution in [0.3, 0.4) is 0 Å². The number of hydrogen-bond donors (Lipinski definition) is 2. The first kappa shape index (κ1) is 13.0. The van der Waals surface area contributed by atoms with E-state index in [1.54, 1.807) is 11.8 Å². The second kappa shape index (κ2) is 6.47. The van der Waals surface area contributed by atoms with E-state index in [1.807, 2.05) is 37.3 Å². The van der Waals surface area contributed by atoms with Crippen LogP contribution in [-0.4, -0.2) is 28.9 Å². The zero-order chi connectivity index (χ0) is 12.8. The van der Waals surface area contributed by atoms with Crippen LogP contribution in [-0.2, 0) is 0 Å². The molecule has 0 atom stereocenters. The van der Waals surface area contributed by atoms with Gasteiger partial charge in [0.05, 0.1) is 17.6 Å². The van der Waals surface area contributed by atoms with Crippen molar-refractivity contribution in [2.75, 3.05) is 18.9 Å². The summed E-state index contributed by atoms with van der Waals surface area (Å²) in [6, 6.07) is 5.89. The lowest BCUT2D eigenvalue weighted by Crippen LogP contribution is -1.92. The summed E-state index contributed by atoms with van der Waals surface area (Å²) in [5.74, 6) is 1.74. The Hall–Kier alpha value is -1.46. The number of hydrogen-bond acceptors (Lipinski definition) is 4. The summed E-state index contributed by atoms with van der Waals surface area (Å²) in [4.78, 5) is 7.78. The van der Waals surface area contributed by atoms with Crippen LogP contribution in [0.25, 0.3) is 11.0 Å². The SMILES string of the molecule is CCOc1ccc2nc(SCC=CCN)[nH]c2c1. The number of aromatic amines is 1. The first-order valence-electron chi connectivity index (χ1n) is 5.94. The van der Waals surface area contributed by atoms with Crippen LogP contribution in [0.4, 0.5) is 0 Å². The summed E-state index contributed by atoms with van der Waals surface area (Å²) < 4.78 is 5.46. The lowest BCUT2D eigenvalue weighted by Gasteiger charge is -2.00. The second-order valence-electron chi connectivity index (χ2n) is 3.67. The number of nitrogens with one attached hydrogen (secondary N) is 1. The van der Waals surface area contributed by atoms with Crippen LogP contribution in [0.15, 0.2) is 35.5 Å². The molecule has 0 radical (unpaired) electrons. The molecule has 1 aromatic heterocycles. The minimum absolute atomic E-state index is 0.582. The molecule has 0 unspecified atom stereocenters. The van der Waals surface area contributed by atoms with E-state index in [4.69, 9.17) is 10.5 Å². The summed E-state index contributed by atoms with van der Waals surface area (Å²) in [7, 11) is 0. The topological polar surface area (TPSA) is 63.9 Å². The molecule has 1 heterocycles. The van der Waals surface area contributed by atoms with Gasteiger partial charge in [-0.1, -0.05) is 23.9 Å². The van der Waals surface area contributed by atoms with Crippen molar-refractivity contribution >= 4 is 22.8 Å². The average molecular weight is 263 g/mol. The fourth-order valence-corrected chi connectivity index (χ4v) is 2.32. The summed E-state index contributed by atoms with van der Waals surface area (Å²) in [6.07, 6.45) is 3.99. The van der Waals surface area contributed by atoms with Crippen molar-refractivity contribution < 1.29 is 4.74 Å². The lowest BCUT2D eigenvalue weighted by atomic mass is 10.3. The van der Waals surface area contributed by atoms with Gasteiger partial charge in [-0.15, -0.1) is 0 Å². The molecule has 1 aromatic carbocycles. The Balaban J connectivity index is 2.09. The molecular weight excluding hydrogens is 246 g/mol. The molecular formula is C13H17N3OS. The molecule has 0 aliphatic rings. The molecule has 0 bridgehead atoms. The predicted molar refractivity (Wildman–Crippen MR) is 76.2 cm³/mol. The van der Waals surface area contributed by atoms with Gasteiger partial charge in [0.2, 0.25) is 0 Å². The number of benzene rings is 1. The quantitative estimate of drug-likeness (QED) is 0.621. The van der Waals surface area contributed by atoms with Crippen molar-refractivity contribution in [1.82, 2.24) is 9.97 Å². The molecule has 0 amide bonds. The van der Waals surface area contributed by atoms with Crippen LogP contribution in [0.5, 0.6) is 5.75 Å². The second-order valence-corrected chi connectivity index (χ2v) is 4.68. The van der Waals surface area contributed by atoms with Crippen LogP contribution in [0.2, 0.25) is 0 Å². The van der Waals surface area contributed by atoms with E-state index >= 15 is 0 Å². The fourth-order valence-electron chi connectivity index (χ4n) is 1.58. The molecule has 0 aliphatic carbocycles. The van der Waals surface area contributed by atoms with Gasteiger partial charge >= 0.3 is 0 Å². The van der Waals surface area contributed by atoms with Crippen molar-refractivity contribution in [1.29, 1.82) is 0 Å². The maximum Gasteiger partial charge on any atom is 0.166 e. The largest absolute Gasteiger partial charge is 0.494 e. The molecule has 0 saturated heterocycles. The van der Waals surface area contributed by atoms with E-state index in [1.165, 1.54) is 0 Å². The van der Waals surface area contributed by atoms with Crippen molar-refractivity contribution in [2.24, 2.45) is 5.73 Å². The lowest BCUT2D eigenvalue weighted by molar-refractivity contribution is 0.340. The molecule has 18 heavy (non-hydrogen) atoms. The first-order chi connectivity index (χ1) is 8.83. The monoisotopic (exact) mass is 263 g/mol. The molecule has 2 aromatic rings. The van der Waals surface area contributed by atoms with Crippen LogP contribution in [0, 0.1) is 0 Å². The summed E-state index contributed by atoms with van der Waals surface area (Å²) in [5, 5.41) is 0.917. The molecule has 5 heteroatoms. The zero-order valence-corrected chi connectivity index (χ0v) is 11.2. The Kier molecular flexibility index (Phi) is 4.66. The number of thioether (sulfide) groups is 1. The maximum atomic E-state index is 5.46. The Labute approximate surface area is 111 Å². The number of nitrogens with two attached hydrogens (primary N) is 1. The van der Waals surface area contributed by atoms with E-state index in [2.05, 4.69) is 9.97 Å². The first-order valence-corrected chi connectivity index (χ1v) is 6.92. The number of aromatic nitrogens is 2. The number of fused-ring (bicyclic) bond motifs is 1. The molecule has 96 valence electrons. The van der Waals surface area contributed by atoms with E-state index in [9.17, 15) is 0 Å². The van der Waals surface area contributed by atoms with E-state index in [-0.39, 0.29) is 0 Å². The third kappa shape index (κ3) is 3.27. The molecule has 0 fully saturated rings. The highest BCUT2D eigenvalue weighted by molar-refractivity contribution is 7.99. The van der Waals surface area contributed by atoms with Gasteiger partial charge in [0.25, 0.3) is 0 Å². The number of nitrogens with zero attached hydrogens (tertiary/aromatic N) is 1. The normalized spacial score (nSPS) is 11.4. The molecule has 2 rings (SSSR count). The van der Waals surface area contributed by atoms with Crippen LogP contribution in [0.1, 0.15) is 6.92 Å². The highest BCUT2D eigenvalue weighted by Gasteiger charge is 2.03. The van der Waals surface area contributed by atoms with Crippen LogP contribution >= 0.6 is 11.8 Å². The minimum atomic E-state index is 0.582. The number of rotatable bonds is 6. The number of imidazole rings is 1. The average Bonchev–Trinajstić information content (AvgIpc) is 2.77. The molecule has 0 saturated carbocycles. The molecule has 3 N–H and O–H groups in total. The number of H-pyrrole nitrogens is 1. The third-order valence-electron chi connectivity index (χ3n) is 2.36.